The van der Waals surface area contributed by atoms with Crippen molar-refractivity contribution in [2.45, 2.75) is 32.6 Å². The van der Waals surface area contributed by atoms with Crippen LogP contribution in [0.25, 0.3) is 38.1 Å². The van der Waals surface area contributed by atoms with Gasteiger partial charge in [-0.05, 0) is 43.5 Å². The van der Waals surface area contributed by atoms with Crippen molar-refractivity contribution in [2.24, 2.45) is 0 Å². The van der Waals surface area contributed by atoms with Crippen LogP contribution < -0.4 is 10.2 Å². The van der Waals surface area contributed by atoms with Gasteiger partial charge in [0.25, 0.3) is 0 Å². The number of amides is 2. The number of ketones is 1. The summed E-state index contributed by atoms with van der Waals surface area (Å²) >= 11 is 1.69. The fourth-order valence-electron chi connectivity index (χ4n) is 5.53. The fourth-order valence-corrected chi connectivity index (χ4v) is 6.71. The van der Waals surface area contributed by atoms with Crippen molar-refractivity contribution >= 4 is 61.4 Å². The van der Waals surface area contributed by atoms with E-state index in [0.717, 1.165) is 50.5 Å². The minimum atomic E-state index is -0.217. The molecule has 2 aliphatic heterocycles. The highest BCUT2D eigenvalue weighted by Crippen LogP contribution is 2.39. The summed E-state index contributed by atoms with van der Waals surface area (Å²) in [6, 6.07) is 8.13. The summed E-state index contributed by atoms with van der Waals surface area (Å²) in [6.07, 6.45) is 8.83. The lowest BCUT2D eigenvalue weighted by molar-refractivity contribution is -0.132. The number of nitrogens with one attached hydrogen (secondary N) is 2. The average Bonchev–Trinajstić information content (AvgIpc) is 3.71. The van der Waals surface area contributed by atoms with E-state index in [-0.39, 0.29) is 30.6 Å². The number of hydrogen-bond donors (Lipinski definition) is 2. The smallest absolute Gasteiger partial charge is 0.242 e. The highest BCUT2D eigenvalue weighted by Gasteiger charge is 2.24. The number of rotatable bonds is 10. The first kappa shape index (κ1) is 29.6. The molecule has 2 amide bonds. The van der Waals surface area contributed by atoms with E-state index in [1.54, 1.807) is 29.2 Å². The molecule has 0 bridgehead atoms. The molecule has 4 aromatic rings. The lowest BCUT2D eigenvalue weighted by Crippen LogP contribution is -2.42. The number of aromatic amines is 1. The molecule has 0 spiro atoms. The molecule has 44 heavy (non-hydrogen) atoms. The summed E-state index contributed by atoms with van der Waals surface area (Å²) in [6.45, 7) is 5.63. The van der Waals surface area contributed by atoms with E-state index in [2.05, 4.69) is 32.6 Å². The number of thiophene rings is 1. The largest absolute Gasteiger partial charge is 0.378 e. The number of allylic oxidation sites excluding steroid dienone is 2. The van der Waals surface area contributed by atoms with Crippen molar-refractivity contribution in [3.8, 4) is 11.4 Å². The number of anilines is 1. The van der Waals surface area contributed by atoms with Gasteiger partial charge in [0.15, 0.2) is 17.4 Å². The SMILES string of the molecule is CC=CC(=O)CCCC(=O)NCC(=O)N1CC=C(c2cc3nc(-c4cccc5[nH]ncc45)nc(N4CCOCC4)c3s2)CC1. The Labute approximate surface area is 259 Å². The first-order valence-corrected chi connectivity index (χ1v) is 15.8. The fraction of sp³-hybridized carbons (Fsp3) is 0.375. The number of H-pyrrole nitrogens is 1. The number of hydrogen-bond acceptors (Lipinski definition) is 9. The summed E-state index contributed by atoms with van der Waals surface area (Å²) in [5, 5.41) is 10.9. The van der Waals surface area contributed by atoms with Crippen LogP contribution in [0.2, 0.25) is 0 Å². The third kappa shape index (κ3) is 6.56. The van der Waals surface area contributed by atoms with Crippen LogP contribution in [0.15, 0.2) is 48.7 Å². The molecule has 1 saturated heterocycles. The monoisotopic (exact) mass is 613 g/mol. The molecule has 3 aromatic heterocycles. The molecule has 2 N–H and O–H groups in total. The number of fused-ring (bicyclic) bond motifs is 2. The second kappa shape index (κ2) is 13.5. The molecule has 1 fully saturated rings. The zero-order valence-electron chi connectivity index (χ0n) is 24.7. The third-order valence-corrected chi connectivity index (χ3v) is 9.08. The molecule has 11 nitrogen and oxygen atoms in total. The molecule has 0 saturated carbocycles. The molecule has 228 valence electrons. The second-order valence-corrected chi connectivity index (χ2v) is 11.9. The van der Waals surface area contributed by atoms with E-state index >= 15 is 0 Å². The number of benzene rings is 1. The minimum Gasteiger partial charge on any atom is -0.378 e. The highest BCUT2D eigenvalue weighted by atomic mass is 32.1. The highest BCUT2D eigenvalue weighted by molar-refractivity contribution is 7.20. The predicted molar refractivity (Wildman–Crippen MR) is 171 cm³/mol. The Morgan fingerprint density at radius 2 is 2.00 bits per heavy atom. The van der Waals surface area contributed by atoms with Gasteiger partial charge in [0, 0.05) is 54.8 Å². The van der Waals surface area contributed by atoms with Gasteiger partial charge < -0.3 is 19.9 Å². The van der Waals surface area contributed by atoms with E-state index in [9.17, 15) is 14.4 Å². The zero-order chi connectivity index (χ0) is 30.5. The predicted octanol–water partition coefficient (Wildman–Crippen LogP) is 4.12. The standard InChI is InChI=1S/C32H35N7O4S/c1-2-5-22(40)6-3-9-28(41)33-20-29(42)38-12-10-21(11-13-38)27-18-26-30(44-27)32(39-14-16-43-17-15-39)36-31(35-26)23-7-4-8-25-24(23)19-34-37-25/h2,4-5,7-8,10,18-19H,3,6,9,11-17,20H2,1H3,(H,33,41)(H,34,37). The summed E-state index contributed by atoms with van der Waals surface area (Å²) in [5.74, 6) is 1.25. The maximum Gasteiger partial charge on any atom is 0.242 e. The van der Waals surface area contributed by atoms with E-state index < -0.39 is 0 Å². The maximum absolute atomic E-state index is 12.8. The van der Waals surface area contributed by atoms with Gasteiger partial charge in [0.05, 0.1) is 41.7 Å². The molecule has 1 aromatic carbocycles. The topological polar surface area (TPSA) is 133 Å². The number of aromatic nitrogens is 4. The van der Waals surface area contributed by atoms with E-state index in [0.29, 0.717) is 51.4 Å². The van der Waals surface area contributed by atoms with Crippen LogP contribution in [0.3, 0.4) is 0 Å². The van der Waals surface area contributed by atoms with Crippen molar-refractivity contribution in [2.75, 3.05) is 50.8 Å². The lowest BCUT2D eigenvalue weighted by atomic mass is 10.1. The third-order valence-electron chi connectivity index (χ3n) is 7.88. The van der Waals surface area contributed by atoms with Gasteiger partial charge in [0.2, 0.25) is 11.8 Å². The number of nitrogens with zero attached hydrogens (tertiary/aromatic N) is 5. The maximum atomic E-state index is 12.8. The second-order valence-electron chi connectivity index (χ2n) is 10.8. The Balaban J connectivity index is 1.16. The van der Waals surface area contributed by atoms with Crippen LogP contribution >= 0.6 is 11.3 Å². The van der Waals surface area contributed by atoms with Gasteiger partial charge in [0.1, 0.15) is 0 Å². The number of carbonyl (C=O) groups is 3. The Kier molecular flexibility index (Phi) is 9.08. The first-order valence-electron chi connectivity index (χ1n) is 15.0. The normalized spacial score (nSPS) is 15.7. The molecular formula is C32H35N7O4S. The number of carbonyl (C=O) groups excluding carboxylic acids is 3. The molecule has 0 atom stereocenters. The van der Waals surface area contributed by atoms with Gasteiger partial charge in [-0.15, -0.1) is 11.3 Å². The number of morpholine rings is 1. The molecule has 12 heteroatoms. The number of ether oxygens (including phenoxy) is 1. The average molecular weight is 614 g/mol. The van der Waals surface area contributed by atoms with E-state index in [1.165, 1.54) is 11.6 Å². The summed E-state index contributed by atoms with van der Waals surface area (Å²) in [7, 11) is 0. The van der Waals surface area contributed by atoms with Gasteiger partial charge in [-0.25, -0.2) is 9.97 Å². The Morgan fingerprint density at radius 1 is 1.14 bits per heavy atom. The molecule has 6 rings (SSSR count). The Hall–Kier alpha value is -4.42. The minimum absolute atomic E-state index is 0.00242. The Bertz CT molecular complexity index is 1750. The first-order chi connectivity index (χ1) is 21.5. The molecule has 2 aliphatic rings. The van der Waals surface area contributed by atoms with Crippen molar-refractivity contribution in [1.29, 1.82) is 0 Å². The van der Waals surface area contributed by atoms with Crippen LogP contribution in [-0.2, 0) is 19.1 Å². The van der Waals surface area contributed by atoms with Gasteiger partial charge in [-0.2, -0.15) is 5.10 Å². The summed E-state index contributed by atoms with van der Waals surface area (Å²) < 4.78 is 6.66. The van der Waals surface area contributed by atoms with E-state index in [4.69, 9.17) is 14.7 Å². The van der Waals surface area contributed by atoms with Gasteiger partial charge in [-0.3, -0.25) is 19.5 Å². The van der Waals surface area contributed by atoms with Crippen LogP contribution in [0.1, 0.15) is 37.5 Å². The van der Waals surface area contributed by atoms with Crippen LogP contribution in [-0.4, -0.2) is 88.6 Å². The Morgan fingerprint density at radius 3 is 2.80 bits per heavy atom. The molecule has 5 heterocycles. The molecular weight excluding hydrogens is 578 g/mol. The molecule has 0 unspecified atom stereocenters. The van der Waals surface area contributed by atoms with Gasteiger partial charge in [-0.1, -0.05) is 24.3 Å². The summed E-state index contributed by atoms with van der Waals surface area (Å²) in [4.78, 5) is 51.8. The molecule has 0 radical (unpaired) electrons. The summed E-state index contributed by atoms with van der Waals surface area (Å²) in [5.41, 5.74) is 3.94. The van der Waals surface area contributed by atoms with Crippen molar-refractivity contribution < 1.29 is 19.1 Å². The quantitative estimate of drug-likeness (QED) is 0.255. The molecule has 0 aliphatic carbocycles. The van der Waals surface area contributed by atoms with Crippen molar-refractivity contribution in [3.63, 3.8) is 0 Å². The van der Waals surface area contributed by atoms with Crippen molar-refractivity contribution in [1.82, 2.24) is 30.4 Å². The van der Waals surface area contributed by atoms with Crippen LogP contribution in [0.5, 0.6) is 0 Å². The van der Waals surface area contributed by atoms with Gasteiger partial charge >= 0.3 is 0 Å². The van der Waals surface area contributed by atoms with Crippen molar-refractivity contribution in [3.05, 3.63) is 53.6 Å². The van der Waals surface area contributed by atoms with E-state index in [1.807, 2.05) is 24.4 Å². The van der Waals surface area contributed by atoms with Crippen LogP contribution in [0.4, 0.5) is 5.82 Å². The lowest BCUT2D eigenvalue weighted by Gasteiger charge is -2.28. The zero-order valence-corrected chi connectivity index (χ0v) is 25.5. The van der Waals surface area contributed by atoms with Crippen LogP contribution in [0, 0.1) is 0 Å².